The standard InChI is InChI=1S/C14H19F3N2O2/c1-10(19-6-7-20-13(8-18)9-19)11-2-4-12(5-3-11)21-14(15,16)17/h2-5,10,13H,6-9,18H2,1H3. The van der Waals surface area contributed by atoms with E-state index in [4.69, 9.17) is 10.5 Å². The molecule has 0 radical (unpaired) electrons. The average molecular weight is 304 g/mol. The molecular formula is C14H19F3N2O2. The molecule has 2 N–H and O–H groups in total. The van der Waals surface area contributed by atoms with Crippen molar-refractivity contribution in [3.8, 4) is 5.75 Å². The van der Waals surface area contributed by atoms with Crippen LogP contribution in [0.4, 0.5) is 13.2 Å². The van der Waals surface area contributed by atoms with Crippen LogP contribution in [0, 0.1) is 0 Å². The van der Waals surface area contributed by atoms with E-state index < -0.39 is 6.36 Å². The van der Waals surface area contributed by atoms with Crippen molar-refractivity contribution in [2.75, 3.05) is 26.2 Å². The van der Waals surface area contributed by atoms with E-state index in [1.165, 1.54) is 12.1 Å². The van der Waals surface area contributed by atoms with Crippen LogP contribution >= 0.6 is 0 Å². The summed E-state index contributed by atoms with van der Waals surface area (Å²) >= 11 is 0. The molecule has 0 bridgehead atoms. The minimum absolute atomic E-state index is 0.00837. The van der Waals surface area contributed by atoms with Crippen LogP contribution in [0.25, 0.3) is 0 Å². The van der Waals surface area contributed by atoms with Gasteiger partial charge in [0.2, 0.25) is 0 Å². The van der Waals surface area contributed by atoms with Crippen molar-refractivity contribution in [3.63, 3.8) is 0 Å². The molecule has 1 saturated heterocycles. The summed E-state index contributed by atoms with van der Waals surface area (Å²) in [7, 11) is 0. The van der Waals surface area contributed by atoms with Crippen LogP contribution < -0.4 is 10.5 Å². The number of ether oxygens (including phenoxy) is 2. The van der Waals surface area contributed by atoms with Crippen LogP contribution in [0.2, 0.25) is 0 Å². The SMILES string of the molecule is CC(c1ccc(OC(F)(F)F)cc1)N1CCOC(CN)C1. The molecule has 0 spiro atoms. The highest BCUT2D eigenvalue weighted by atomic mass is 19.4. The van der Waals surface area contributed by atoms with Crippen molar-refractivity contribution in [2.24, 2.45) is 5.73 Å². The third kappa shape index (κ3) is 4.59. The lowest BCUT2D eigenvalue weighted by Gasteiger charge is -2.36. The first kappa shape index (κ1) is 16.1. The van der Waals surface area contributed by atoms with Crippen LogP contribution in [0.3, 0.4) is 0 Å². The lowest BCUT2D eigenvalue weighted by molar-refractivity contribution is -0.274. The summed E-state index contributed by atoms with van der Waals surface area (Å²) in [6, 6.07) is 6.06. The van der Waals surface area contributed by atoms with Gasteiger partial charge in [-0.2, -0.15) is 0 Å². The van der Waals surface area contributed by atoms with Crippen molar-refractivity contribution < 1.29 is 22.6 Å². The van der Waals surface area contributed by atoms with Crippen molar-refractivity contribution in [2.45, 2.75) is 25.4 Å². The number of rotatable bonds is 4. The zero-order valence-corrected chi connectivity index (χ0v) is 11.8. The van der Waals surface area contributed by atoms with Gasteiger partial charge in [0.05, 0.1) is 12.7 Å². The van der Waals surface area contributed by atoms with Crippen LogP contribution in [-0.4, -0.2) is 43.6 Å². The number of morpholine rings is 1. The van der Waals surface area contributed by atoms with E-state index in [2.05, 4.69) is 9.64 Å². The monoisotopic (exact) mass is 304 g/mol. The molecule has 2 unspecified atom stereocenters. The topological polar surface area (TPSA) is 47.7 Å². The Kier molecular flexibility index (Phi) is 5.08. The van der Waals surface area contributed by atoms with E-state index in [-0.39, 0.29) is 17.9 Å². The smallest absolute Gasteiger partial charge is 0.406 e. The van der Waals surface area contributed by atoms with E-state index >= 15 is 0 Å². The number of benzene rings is 1. The molecule has 4 nitrogen and oxygen atoms in total. The third-order valence-electron chi connectivity index (χ3n) is 3.58. The van der Waals surface area contributed by atoms with Gasteiger partial charge in [0.1, 0.15) is 5.75 Å². The molecule has 0 amide bonds. The van der Waals surface area contributed by atoms with Gasteiger partial charge in [-0.1, -0.05) is 12.1 Å². The molecule has 1 aliphatic heterocycles. The van der Waals surface area contributed by atoms with Gasteiger partial charge >= 0.3 is 6.36 Å². The molecule has 1 fully saturated rings. The number of hydrogen-bond donors (Lipinski definition) is 1. The fraction of sp³-hybridized carbons (Fsp3) is 0.571. The maximum atomic E-state index is 12.1. The summed E-state index contributed by atoms with van der Waals surface area (Å²) < 4.78 is 45.7. The number of nitrogens with two attached hydrogens (primary N) is 1. The third-order valence-corrected chi connectivity index (χ3v) is 3.58. The largest absolute Gasteiger partial charge is 0.573 e. The van der Waals surface area contributed by atoms with Crippen molar-refractivity contribution in [1.29, 1.82) is 0 Å². The summed E-state index contributed by atoms with van der Waals surface area (Å²) in [5.41, 5.74) is 6.54. The molecule has 7 heteroatoms. The fourth-order valence-corrected chi connectivity index (χ4v) is 2.40. The molecule has 21 heavy (non-hydrogen) atoms. The highest BCUT2D eigenvalue weighted by Crippen LogP contribution is 2.27. The first-order valence-electron chi connectivity index (χ1n) is 6.80. The van der Waals surface area contributed by atoms with Crippen LogP contribution in [0.1, 0.15) is 18.5 Å². The Morgan fingerprint density at radius 1 is 1.38 bits per heavy atom. The van der Waals surface area contributed by atoms with E-state index in [0.29, 0.717) is 13.2 Å². The second kappa shape index (κ2) is 6.64. The van der Waals surface area contributed by atoms with Gasteiger partial charge in [0.15, 0.2) is 0 Å². The second-order valence-corrected chi connectivity index (χ2v) is 5.02. The van der Waals surface area contributed by atoms with Crippen molar-refractivity contribution >= 4 is 0 Å². The Hall–Kier alpha value is -1.31. The van der Waals surface area contributed by atoms with Gasteiger partial charge in [0.25, 0.3) is 0 Å². The Labute approximate surface area is 121 Å². The number of halogens is 3. The Morgan fingerprint density at radius 2 is 2.05 bits per heavy atom. The summed E-state index contributed by atoms with van der Waals surface area (Å²) in [5.74, 6) is -0.208. The normalized spacial score (nSPS) is 22.0. The molecule has 0 aromatic heterocycles. The summed E-state index contributed by atoms with van der Waals surface area (Å²) in [6.07, 6.45) is -4.65. The van der Waals surface area contributed by atoms with Gasteiger partial charge in [-0.3, -0.25) is 4.90 Å². The molecule has 2 rings (SSSR count). The van der Waals surface area contributed by atoms with Crippen molar-refractivity contribution in [3.05, 3.63) is 29.8 Å². The minimum Gasteiger partial charge on any atom is -0.406 e. The average Bonchev–Trinajstić information content (AvgIpc) is 2.46. The van der Waals surface area contributed by atoms with Crippen LogP contribution in [-0.2, 0) is 4.74 Å². The Bertz CT molecular complexity index is 451. The van der Waals surface area contributed by atoms with Crippen LogP contribution in [0.15, 0.2) is 24.3 Å². The molecule has 1 aliphatic rings. The zero-order chi connectivity index (χ0) is 15.5. The molecule has 1 heterocycles. The molecule has 0 aliphatic carbocycles. The van der Waals surface area contributed by atoms with Crippen molar-refractivity contribution in [1.82, 2.24) is 4.90 Å². The quantitative estimate of drug-likeness (QED) is 0.927. The minimum atomic E-state index is -4.66. The van der Waals surface area contributed by atoms with Gasteiger partial charge in [0, 0.05) is 25.7 Å². The molecule has 1 aromatic carbocycles. The first-order chi connectivity index (χ1) is 9.89. The van der Waals surface area contributed by atoms with Gasteiger partial charge in [-0.15, -0.1) is 13.2 Å². The lowest BCUT2D eigenvalue weighted by Crippen LogP contribution is -2.46. The molecule has 118 valence electrons. The first-order valence-corrected chi connectivity index (χ1v) is 6.80. The van der Waals surface area contributed by atoms with E-state index in [0.717, 1.165) is 18.7 Å². The molecule has 1 aromatic rings. The predicted molar refractivity (Wildman–Crippen MR) is 71.9 cm³/mol. The maximum absolute atomic E-state index is 12.1. The lowest BCUT2D eigenvalue weighted by atomic mass is 10.1. The fourth-order valence-electron chi connectivity index (χ4n) is 2.40. The van der Waals surface area contributed by atoms with Gasteiger partial charge in [-0.25, -0.2) is 0 Å². The van der Waals surface area contributed by atoms with E-state index in [1.54, 1.807) is 12.1 Å². The Balaban J connectivity index is 2.00. The molecule has 0 saturated carbocycles. The van der Waals surface area contributed by atoms with Gasteiger partial charge < -0.3 is 15.2 Å². The predicted octanol–water partition coefficient (Wildman–Crippen LogP) is 2.31. The number of hydrogen-bond acceptors (Lipinski definition) is 4. The molecular weight excluding hydrogens is 285 g/mol. The van der Waals surface area contributed by atoms with Gasteiger partial charge in [-0.05, 0) is 24.6 Å². The Morgan fingerprint density at radius 3 is 2.62 bits per heavy atom. The highest BCUT2D eigenvalue weighted by molar-refractivity contribution is 5.29. The summed E-state index contributed by atoms with van der Waals surface area (Å²) in [4.78, 5) is 2.21. The number of alkyl halides is 3. The molecule has 2 atom stereocenters. The van der Waals surface area contributed by atoms with Crippen LogP contribution in [0.5, 0.6) is 5.75 Å². The zero-order valence-electron chi connectivity index (χ0n) is 11.8. The number of nitrogens with zero attached hydrogens (tertiary/aromatic N) is 1. The maximum Gasteiger partial charge on any atom is 0.573 e. The summed E-state index contributed by atoms with van der Waals surface area (Å²) in [5, 5.41) is 0. The van der Waals surface area contributed by atoms with E-state index in [9.17, 15) is 13.2 Å². The highest BCUT2D eigenvalue weighted by Gasteiger charge is 2.31. The van der Waals surface area contributed by atoms with E-state index in [1.807, 2.05) is 6.92 Å². The second-order valence-electron chi connectivity index (χ2n) is 5.02. The summed E-state index contributed by atoms with van der Waals surface area (Å²) in [6.45, 7) is 4.58.